The van der Waals surface area contributed by atoms with Gasteiger partial charge in [0.25, 0.3) is 11.8 Å². The van der Waals surface area contributed by atoms with Gasteiger partial charge in [0.2, 0.25) is 0 Å². The summed E-state index contributed by atoms with van der Waals surface area (Å²) in [6, 6.07) is 9.63. The summed E-state index contributed by atoms with van der Waals surface area (Å²) in [6.07, 6.45) is 5.02. The van der Waals surface area contributed by atoms with E-state index in [0.717, 1.165) is 24.2 Å². The second kappa shape index (κ2) is 9.94. The van der Waals surface area contributed by atoms with Crippen LogP contribution in [0, 0.1) is 12.8 Å². The number of benzene rings is 1. The molecule has 0 bridgehead atoms. The van der Waals surface area contributed by atoms with E-state index >= 15 is 0 Å². The van der Waals surface area contributed by atoms with E-state index in [-0.39, 0.29) is 23.8 Å². The maximum atomic E-state index is 12.5. The van der Waals surface area contributed by atoms with Crippen LogP contribution in [0.4, 0.5) is 0 Å². The molecule has 0 atom stereocenters. The van der Waals surface area contributed by atoms with Gasteiger partial charge in [-0.2, -0.15) is 0 Å². The number of amides is 2. The van der Waals surface area contributed by atoms with Crippen LogP contribution in [-0.4, -0.2) is 47.9 Å². The second-order valence-corrected chi connectivity index (χ2v) is 9.32. The summed E-state index contributed by atoms with van der Waals surface area (Å²) in [4.78, 5) is 30.7. The molecule has 2 aromatic rings. The van der Waals surface area contributed by atoms with Gasteiger partial charge in [-0.3, -0.25) is 14.6 Å². The molecule has 1 aromatic heterocycles. The highest BCUT2D eigenvalue weighted by Crippen LogP contribution is 2.32. The predicted octanol–water partition coefficient (Wildman–Crippen LogP) is 3.73. The highest BCUT2D eigenvalue weighted by molar-refractivity contribution is 5.93. The van der Waals surface area contributed by atoms with Gasteiger partial charge in [0, 0.05) is 32.0 Å². The van der Waals surface area contributed by atoms with Gasteiger partial charge in [-0.05, 0) is 54.9 Å². The largest absolute Gasteiger partial charge is 0.483 e. The lowest BCUT2D eigenvalue weighted by atomic mass is 9.85. The number of likely N-dealkylation sites (tertiary alicyclic amines) is 1. The van der Waals surface area contributed by atoms with Crippen molar-refractivity contribution in [2.75, 3.05) is 26.2 Å². The zero-order valence-electron chi connectivity index (χ0n) is 19.0. The molecule has 1 aliphatic heterocycles. The van der Waals surface area contributed by atoms with Crippen LogP contribution < -0.4 is 10.1 Å². The zero-order chi connectivity index (χ0) is 22.4. The Labute approximate surface area is 185 Å². The van der Waals surface area contributed by atoms with E-state index < -0.39 is 0 Å². The van der Waals surface area contributed by atoms with E-state index in [1.165, 1.54) is 5.56 Å². The number of nitrogens with zero attached hydrogens (tertiary/aromatic N) is 2. The molecule has 0 radical (unpaired) electrons. The van der Waals surface area contributed by atoms with E-state index in [1.807, 2.05) is 17.0 Å². The lowest BCUT2D eigenvalue weighted by Gasteiger charge is -2.32. The topological polar surface area (TPSA) is 71.5 Å². The maximum Gasteiger partial charge on any atom is 0.257 e. The number of nitrogens with one attached hydrogen (secondary N) is 1. The molecule has 1 saturated heterocycles. The van der Waals surface area contributed by atoms with Crippen molar-refractivity contribution in [2.24, 2.45) is 5.92 Å². The number of carbonyl (C=O) groups is 2. The highest BCUT2D eigenvalue weighted by Gasteiger charge is 2.24. The third-order valence-corrected chi connectivity index (χ3v) is 5.70. The molecule has 31 heavy (non-hydrogen) atoms. The SMILES string of the molecule is Cc1ccc(OCC(=O)NCC2CCN(C(=O)c3cccnc3)CC2)c(C(C)(C)C)c1. The Morgan fingerprint density at radius 2 is 1.94 bits per heavy atom. The van der Waals surface area contributed by atoms with Crippen molar-refractivity contribution in [3.05, 3.63) is 59.4 Å². The van der Waals surface area contributed by atoms with Gasteiger partial charge in [-0.25, -0.2) is 0 Å². The third kappa shape index (κ3) is 6.29. The van der Waals surface area contributed by atoms with Gasteiger partial charge in [0.05, 0.1) is 5.56 Å². The Kier molecular flexibility index (Phi) is 7.31. The quantitative estimate of drug-likeness (QED) is 0.768. The van der Waals surface area contributed by atoms with Crippen molar-refractivity contribution < 1.29 is 14.3 Å². The van der Waals surface area contributed by atoms with Crippen molar-refractivity contribution in [3.63, 3.8) is 0 Å². The fourth-order valence-corrected chi connectivity index (χ4v) is 3.82. The van der Waals surface area contributed by atoms with Gasteiger partial charge in [0.15, 0.2) is 6.61 Å². The first-order valence-corrected chi connectivity index (χ1v) is 10.9. The number of hydrogen-bond donors (Lipinski definition) is 1. The molecule has 0 aliphatic carbocycles. The molecular formula is C25H33N3O3. The van der Waals surface area contributed by atoms with Crippen LogP contribution in [0.2, 0.25) is 0 Å². The normalized spacial score (nSPS) is 14.9. The molecule has 0 spiro atoms. The molecule has 3 rings (SSSR count). The van der Waals surface area contributed by atoms with Crippen molar-refractivity contribution >= 4 is 11.8 Å². The molecule has 6 nitrogen and oxygen atoms in total. The van der Waals surface area contributed by atoms with E-state index in [9.17, 15) is 9.59 Å². The van der Waals surface area contributed by atoms with Crippen LogP contribution in [0.5, 0.6) is 5.75 Å². The first-order valence-electron chi connectivity index (χ1n) is 10.9. The molecule has 2 amide bonds. The van der Waals surface area contributed by atoms with Gasteiger partial charge < -0.3 is 15.0 Å². The summed E-state index contributed by atoms with van der Waals surface area (Å²) in [5, 5.41) is 2.99. The Morgan fingerprint density at radius 3 is 2.58 bits per heavy atom. The predicted molar refractivity (Wildman–Crippen MR) is 121 cm³/mol. The Balaban J connectivity index is 1.43. The summed E-state index contributed by atoms with van der Waals surface area (Å²) >= 11 is 0. The van der Waals surface area contributed by atoms with E-state index in [1.54, 1.807) is 24.5 Å². The van der Waals surface area contributed by atoms with Crippen molar-refractivity contribution in [1.82, 2.24) is 15.2 Å². The van der Waals surface area contributed by atoms with Crippen LogP contribution in [0.1, 0.15) is 55.1 Å². The highest BCUT2D eigenvalue weighted by atomic mass is 16.5. The van der Waals surface area contributed by atoms with Gasteiger partial charge in [-0.1, -0.05) is 38.5 Å². The van der Waals surface area contributed by atoms with Gasteiger partial charge in [0.1, 0.15) is 5.75 Å². The Morgan fingerprint density at radius 1 is 1.19 bits per heavy atom. The maximum absolute atomic E-state index is 12.5. The smallest absolute Gasteiger partial charge is 0.257 e. The first-order chi connectivity index (χ1) is 14.7. The third-order valence-electron chi connectivity index (χ3n) is 5.70. The molecule has 1 N–H and O–H groups in total. The van der Waals surface area contributed by atoms with Crippen LogP contribution in [-0.2, 0) is 10.2 Å². The average Bonchev–Trinajstić information content (AvgIpc) is 2.76. The molecule has 6 heteroatoms. The Hall–Kier alpha value is -2.89. The number of pyridine rings is 1. The van der Waals surface area contributed by atoms with Crippen molar-refractivity contribution in [3.8, 4) is 5.75 Å². The van der Waals surface area contributed by atoms with Crippen molar-refractivity contribution in [1.29, 1.82) is 0 Å². The fourth-order valence-electron chi connectivity index (χ4n) is 3.82. The molecular weight excluding hydrogens is 390 g/mol. The summed E-state index contributed by atoms with van der Waals surface area (Å²) in [6.45, 7) is 10.5. The summed E-state index contributed by atoms with van der Waals surface area (Å²) in [5.74, 6) is 1.04. The molecule has 1 fully saturated rings. The van der Waals surface area contributed by atoms with E-state index in [0.29, 0.717) is 31.1 Å². The molecule has 2 heterocycles. The molecule has 1 aromatic carbocycles. The van der Waals surface area contributed by atoms with Gasteiger partial charge >= 0.3 is 0 Å². The minimum absolute atomic E-state index is 0.00444. The number of hydrogen-bond acceptors (Lipinski definition) is 4. The fraction of sp³-hybridized carbons (Fsp3) is 0.480. The van der Waals surface area contributed by atoms with Gasteiger partial charge in [-0.15, -0.1) is 0 Å². The molecule has 0 unspecified atom stereocenters. The number of rotatable bonds is 6. The number of aromatic nitrogens is 1. The number of ether oxygens (including phenoxy) is 1. The Bertz CT molecular complexity index is 898. The molecule has 166 valence electrons. The second-order valence-electron chi connectivity index (χ2n) is 9.32. The lowest BCUT2D eigenvalue weighted by molar-refractivity contribution is -0.123. The summed E-state index contributed by atoms with van der Waals surface area (Å²) in [5.41, 5.74) is 2.84. The first kappa shape index (κ1) is 22.8. The minimum atomic E-state index is -0.116. The van der Waals surface area contributed by atoms with Crippen LogP contribution in [0.3, 0.4) is 0 Å². The number of piperidine rings is 1. The number of aryl methyl sites for hydroxylation is 1. The number of carbonyl (C=O) groups excluding carboxylic acids is 2. The van der Waals surface area contributed by atoms with E-state index in [4.69, 9.17) is 4.74 Å². The zero-order valence-corrected chi connectivity index (χ0v) is 19.0. The summed E-state index contributed by atoms with van der Waals surface area (Å²) in [7, 11) is 0. The van der Waals surface area contributed by atoms with Crippen molar-refractivity contribution in [2.45, 2.75) is 46.0 Å². The van der Waals surface area contributed by atoms with Crippen LogP contribution in [0.25, 0.3) is 0 Å². The molecule has 1 aliphatic rings. The van der Waals surface area contributed by atoms with Crippen LogP contribution >= 0.6 is 0 Å². The lowest BCUT2D eigenvalue weighted by Crippen LogP contribution is -2.42. The van der Waals surface area contributed by atoms with Crippen LogP contribution in [0.15, 0.2) is 42.7 Å². The monoisotopic (exact) mass is 423 g/mol. The minimum Gasteiger partial charge on any atom is -0.483 e. The average molecular weight is 424 g/mol. The van der Waals surface area contributed by atoms with E-state index in [2.05, 4.69) is 44.1 Å². The summed E-state index contributed by atoms with van der Waals surface area (Å²) < 4.78 is 5.85. The molecule has 0 saturated carbocycles. The standard InChI is InChI=1S/C25H33N3O3/c1-18-7-8-22(21(14-18)25(2,3)4)31-17-23(29)27-15-19-9-12-28(13-10-19)24(30)20-6-5-11-26-16-20/h5-8,11,14,16,19H,9-10,12-13,15,17H2,1-4H3,(H,27,29).